The number of nitrogens with zero attached hydrogens (tertiary/aromatic N) is 2. The van der Waals surface area contributed by atoms with Crippen LogP contribution in [0.2, 0.25) is 0 Å². The molecule has 0 fully saturated rings. The van der Waals surface area contributed by atoms with E-state index in [0.29, 0.717) is 35.5 Å². The number of Topliss-reactive ketones (excluding diaryl/α,β-unsaturated/α-hetero) is 1. The zero-order valence-corrected chi connectivity index (χ0v) is 19.7. The molecule has 0 aliphatic rings. The van der Waals surface area contributed by atoms with E-state index in [2.05, 4.69) is 0 Å². The molecular formula is C25H34N2O4. The minimum Gasteiger partial charge on any atom is -0.461 e. The molecule has 6 nitrogen and oxygen atoms in total. The van der Waals surface area contributed by atoms with Gasteiger partial charge in [-0.15, -0.1) is 0 Å². The summed E-state index contributed by atoms with van der Waals surface area (Å²) in [6.45, 7) is 14.5. The summed E-state index contributed by atoms with van der Waals surface area (Å²) in [4.78, 5) is 40.6. The van der Waals surface area contributed by atoms with Crippen molar-refractivity contribution in [2.45, 2.75) is 55.0 Å². The predicted molar refractivity (Wildman–Crippen MR) is 122 cm³/mol. The zero-order chi connectivity index (χ0) is 23.3. The maximum absolute atomic E-state index is 13.4. The molecule has 0 atom stereocenters. The first-order chi connectivity index (χ1) is 14.6. The third-order valence-corrected chi connectivity index (χ3v) is 5.34. The second-order valence-corrected chi connectivity index (χ2v) is 8.27. The summed E-state index contributed by atoms with van der Waals surface area (Å²) in [6.07, 6.45) is 0. The van der Waals surface area contributed by atoms with Crippen molar-refractivity contribution in [3.8, 4) is 0 Å². The van der Waals surface area contributed by atoms with E-state index in [-0.39, 0.29) is 30.8 Å². The number of amides is 1. The lowest BCUT2D eigenvalue weighted by Crippen LogP contribution is -2.38. The highest BCUT2D eigenvalue weighted by atomic mass is 16.5. The maximum atomic E-state index is 13.4. The number of ether oxygens (including phenoxy) is 1. The number of benzene rings is 1. The summed E-state index contributed by atoms with van der Waals surface area (Å²) in [5.74, 6) is -0.565. The van der Waals surface area contributed by atoms with E-state index in [1.165, 1.54) is 0 Å². The Balaban J connectivity index is 2.40. The van der Waals surface area contributed by atoms with Gasteiger partial charge >= 0.3 is 5.97 Å². The van der Waals surface area contributed by atoms with E-state index in [4.69, 9.17) is 4.74 Å². The lowest BCUT2D eigenvalue weighted by molar-refractivity contribution is 0.0512. The molecule has 0 bridgehead atoms. The molecule has 0 saturated carbocycles. The van der Waals surface area contributed by atoms with Gasteiger partial charge in [0.1, 0.15) is 5.69 Å². The highest BCUT2D eigenvalue weighted by Gasteiger charge is 2.28. The minimum absolute atomic E-state index is 0.0391. The summed E-state index contributed by atoms with van der Waals surface area (Å²) in [5.41, 5.74) is 3.86. The molecule has 0 spiro atoms. The normalized spacial score (nSPS) is 11.0. The van der Waals surface area contributed by atoms with Crippen LogP contribution in [0.25, 0.3) is 0 Å². The molecular weight excluding hydrogens is 392 g/mol. The van der Waals surface area contributed by atoms with E-state index in [0.717, 1.165) is 11.3 Å². The minimum atomic E-state index is -0.432. The fourth-order valence-corrected chi connectivity index (χ4v) is 3.95. The number of esters is 1. The lowest BCUT2D eigenvalue weighted by atomic mass is 10.0. The Morgan fingerprint density at radius 1 is 1.03 bits per heavy atom. The van der Waals surface area contributed by atoms with Crippen molar-refractivity contribution in [3.63, 3.8) is 0 Å². The topological polar surface area (TPSA) is 68.6 Å². The number of aryl methyl sites for hydroxylation is 1. The van der Waals surface area contributed by atoms with Crippen molar-refractivity contribution in [3.05, 3.63) is 57.9 Å². The van der Waals surface area contributed by atoms with Gasteiger partial charge in [0.15, 0.2) is 5.78 Å². The fraction of sp³-hybridized carbons (Fsp3) is 0.480. The van der Waals surface area contributed by atoms with Crippen LogP contribution in [0.5, 0.6) is 0 Å². The van der Waals surface area contributed by atoms with E-state index in [1.54, 1.807) is 30.9 Å². The van der Waals surface area contributed by atoms with Crippen LogP contribution in [0.3, 0.4) is 0 Å². The van der Waals surface area contributed by atoms with Gasteiger partial charge in [0.2, 0.25) is 0 Å². The van der Waals surface area contributed by atoms with Crippen LogP contribution in [-0.2, 0) is 11.3 Å². The largest absolute Gasteiger partial charge is 0.461 e. The molecule has 1 aromatic carbocycles. The lowest BCUT2D eigenvalue weighted by Gasteiger charge is -2.24. The molecule has 1 amide bonds. The van der Waals surface area contributed by atoms with Crippen molar-refractivity contribution in [1.82, 2.24) is 9.47 Å². The molecule has 0 aliphatic heterocycles. The predicted octanol–water partition coefficient (Wildman–Crippen LogP) is 4.59. The number of aromatic nitrogens is 1. The van der Waals surface area contributed by atoms with Crippen molar-refractivity contribution < 1.29 is 19.1 Å². The quantitative estimate of drug-likeness (QED) is 0.434. The summed E-state index contributed by atoms with van der Waals surface area (Å²) in [6, 6.07) is 7.37. The number of rotatable bonds is 9. The molecule has 0 saturated heterocycles. The Kier molecular flexibility index (Phi) is 8.20. The summed E-state index contributed by atoms with van der Waals surface area (Å²) < 4.78 is 7.02. The third kappa shape index (κ3) is 5.43. The van der Waals surface area contributed by atoms with E-state index < -0.39 is 5.97 Å². The van der Waals surface area contributed by atoms with E-state index in [9.17, 15) is 14.4 Å². The van der Waals surface area contributed by atoms with Gasteiger partial charge in [0.25, 0.3) is 5.91 Å². The number of hydrogen-bond acceptors (Lipinski definition) is 4. The Labute approximate surface area is 185 Å². The average Bonchev–Trinajstić information content (AvgIpc) is 2.96. The third-order valence-electron chi connectivity index (χ3n) is 5.34. The summed E-state index contributed by atoms with van der Waals surface area (Å²) in [7, 11) is 0. The van der Waals surface area contributed by atoms with Crippen molar-refractivity contribution in [2.24, 2.45) is 5.92 Å². The van der Waals surface area contributed by atoms with Crippen LogP contribution in [0.4, 0.5) is 0 Å². The second-order valence-electron chi connectivity index (χ2n) is 8.27. The number of hydrogen-bond donors (Lipinski definition) is 0. The van der Waals surface area contributed by atoms with Crippen LogP contribution in [0, 0.1) is 26.7 Å². The Bertz CT molecular complexity index is 955. The van der Waals surface area contributed by atoms with Crippen molar-refractivity contribution in [1.29, 1.82) is 0 Å². The molecule has 1 aromatic heterocycles. The van der Waals surface area contributed by atoms with Gasteiger partial charge in [-0.2, -0.15) is 0 Å². The first-order valence-corrected chi connectivity index (χ1v) is 10.9. The molecule has 2 rings (SSSR count). The van der Waals surface area contributed by atoms with Crippen LogP contribution in [0.15, 0.2) is 24.3 Å². The monoisotopic (exact) mass is 426 g/mol. The number of carbonyl (C=O) groups is 3. The van der Waals surface area contributed by atoms with Gasteiger partial charge in [0.05, 0.1) is 13.2 Å². The van der Waals surface area contributed by atoms with Gasteiger partial charge in [-0.05, 0) is 58.2 Å². The van der Waals surface area contributed by atoms with Crippen molar-refractivity contribution in [2.75, 3.05) is 19.7 Å². The van der Waals surface area contributed by atoms with Gasteiger partial charge in [-0.25, -0.2) is 4.79 Å². The maximum Gasteiger partial charge on any atom is 0.355 e. The highest BCUT2D eigenvalue weighted by Crippen LogP contribution is 2.24. The molecule has 0 aliphatic carbocycles. The Morgan fingerprint density at radius 2 is 1.65 bits per heavy atom. The number of ketones is 1. The van der Waals surface area contributed by atoms with Crippen LogP contribution >= 0.6 is 0 Å². The summed E-state index contributed by atoms with van der Waals surface area (Å²) in [5, 5.41) is 0. The molecule has 0 unspecified atom stereocenters. The molecule has 1 heterocycles. The van der Waals surface area contributed by atoms with Gasteiger partial charge in [-0.1, -0.05) is 31.5 Å². The SMILES string of the molecule is CCOC(=O)c1c(C)c(C(=O)CN(CC(C)C)C(=O)c2ccc(C)cc2)c(C)n1CC. The van der Waals surface area contributed by atoms with Crippen LogP contribution in [0.1, 0.15) is 75.7 Å². The first-order valence-electron chi connectivity index (χ1n) is 10.9. The second kappa shape index (κ2) is 10.4. The molecule has 2 aromatic rings. The van der Waals surface area contributed by atoms with Crippen LogP contribution < -0.4 is 0 Å². The van der Waals surface area contributed by atoms with Gasteiger partial charge in [0, 0.05) is 29.9 Å². The molecule has 31 heavy (non-hydrogen) atoms. The zero-order valence-electron chi connectivity index (χ0n) is 19.7. The Morgan fingerprint density at radius 3 is 2.16 bits per heavy atom. The van der Waals surface area contributed by atoms with Gasteiger partial charge < -0.3 is 14.2 Å². The number of carbonyl (C=O) groups excluding carboxylic acids is 3. The highest BCUT2D eigenvalue weighted by molar-refractivity contribution is 6.06. The molecule has 0 radical (unpaired) electrons. The molecule has 0 N–H and O–H groups in total. The molecule has 6 heteroatoms. The van der Waals surface area contributed by atoms with Crippen LogP contribution in [-0.4, -0.2) is 46.8 Å². The van der Waals surface area contributed by atoms with E-state index in [1.807, 2.05) is 51.3 Å². The van der Waals surface area contributed by atoms with E-state index >= 15 is 0 Å². The Hall–Kier alpha value is -2.89. The summed E-state index contributed by atoms with van der Waals surface area (Å²) >= 11 is 0. The molecule has 168 valence electrons. The standard InChI is InChI=1S/C25H34N2O4/c1-8-27-19(7)22(18(6)23(27)25(30)31-9-2)21(28)15-26(14-16(3)4)24(29)20-12-10-17(5)11-13-20/h10-13,16H,8-9,14-15H2,1-7H3. The van der Waals surface area contributed by atoms with Gasteiger partial charge in [-0.3, -0.25) is 9.59 Å². The first kappa shape index (κ1) is 24.4. The average molecular weight is 427 g/mol. The van der Waals surface area contributed by atoms with Crippen molar-refractivity contribution >= 4 is 17.7 Å². The fourth-order valence-electron chi connectivity index (χ4n) is 3.95. The smallest absolute Gasteiger partial charge is 0.355 e.